The van der Waals surface area contributed by atoms with E-state index in [1.807, 2.05) is 0 Å². The van der Waals surface area contributed by atoms with Crippen molar-refractivity contribution >= 4 is 10.1 Å². The molecular formula is C10H19NaO3S. The molecule has 0 amide bonds. The molecule has 3 nitrogen and oxygen atoms in total. The zero-order valence-electron chi connectivity index (χ0n) is 9.74. The van der Waals surface area contributed by atoms with Gasteiger partial charge in [0.2, 0.25) is 0 Å². The third-order valence-corrected chi connectivity index (χ3v) is 2.51. The van der Waals surface area contributed by atoms with Crippen LogP contribution in [0.15, 0.2) is 11.5 Å². The summed E-state index contributed by atoms with van der Waals surface area (Å²) in [5, 5.41) is 0.749. The summed E-state index contributed by atoms with van der Waals surface area (Å²) < 4.78 is 30.5. The minimum absolute atomic E-state index is 0. The molecule has 0 aliphatic heterocycles. The molecule has 5 heteroatoms. The zero-order valence-corrected chi connectivity index (χ0v) is 12.6. The van der Waals surface area contributed by atoms with Crippen molar-refractivity contribution in [2.45, 2.75) is 51.9 Å². The van der Waals surface area contributed by atoms with Gasteiger partial charge in [0.25, 0.3) is 0 Å². The van der Waals surface area contributed by atoms with E-state index in [1.54, 1.807) is 0 Å². The number of hydrogen-bond donors (Lipinski definition) is 0. The smallest absolute Gasteiger partial charge is 0.744 e. The van der Waals surface area contributed by atoms with E-state index in [4.69, 9.17) is 0 Å². The Morgan fingerprint density at radius 3 is 2.13 bits per heavy atom. The SMILES string of the molecule is CCCCCCCC/C=C/S(=O)(=O)[O-].[Na+]. The molecule has 0 aliphatic carbocycles. The first-order valence-electron chi connectivity index (χ1n) is 5.18. The summed E-state index contributed by atoms with van der Waals surface area (Å²) in [5.41, 5.74) is 0. The molecule has 0 aromatic rings. The Morgan fingerprint density at radius 2 is 1.60 bits per heavy atom. The van der Waals surface area contributed by atoms with E-state index in [1.165, 1.54) is 31.8 Å². The summed E-state index contributed by atoms with van der Waals surface area (Å²) in [6.07, 6.45) is 9.17. The van der Waals surface area contributed by atoms with Gasteiger partial charge >= 0.3 is 29.6 Å². The first-order chi connectivity index (χ1) is 6.56. The molecule has 0 aromatic carbocycles. The van der Waals surface area contributed by atoms with Gasteiger partial charge in [-0.05, 0) is 12.8 Å². The third kappa shape index (κ3) is 17.3. The molecule has 0 N–H and O–H groups in total. The molecule has 0 saturated heterocycles. The normalized spacial score (nSPS) is 11.6. The van der Waals surface area contributed by atoms with Crippen LogP contribution in [0.3, 0.4) is 0 Å². The number of unbranched alkanes of at least 4 members (excludes halogenated alkanes) is 6. The summed E-state index contributed by atoms with van der Waals surface area (Å²) in [4.78, 5) is 0. The van der Waals surface area contributed by atoms with E-state index in [-0.39, 0.29) is 29.6 Å². The molecule has 0 aromatic heterocycles. The fourth-order valence-electron chi connectivity index (χ4n) is 1.23. The van der Waals surface area contributed by atoms with Crippen LogP contribution in [0.5, 0.6) is 0 Å². The van der Waals surface area contributed by atoms with Crippen LogP contribution in [0.25, 0.3) is 0 Å². The van der Waals surface area contributed by atoms with Crippen LogP contribution in [0.4, 0.5) is 0 Å². The van der Waals surface area contributed by atoms with Gasteiger partial charge in [0.05, 0.1) is 0 Å². The van der Waals surface area contributed by atoms with Crippen LogP contribution in [0.1, 0.15) is 51.9 Å². The second-order valence-corrected chi connectivity index (χ2v) is 4.68. The van der Waals surface area contributed by atoms with Crippen molar-refractivity contribution in [3.63, 3.8) is 0 Å². The Morgan fingerprint density at radius 1 is 1.07 bits per heavy atom. The molecular weight excluding hydrogens is 223 g/mol. The average molecular weight is 242 g/mol. The van der Waals surface area contributed by atoms with Gasteiger partial charge in [-0.1, -0.05) is 45.1 Å². The second-order valence-electron chi connectivity index (χ2n) is 3.42. The minimum atomic E-state index is -4.16. The predicted octanol–water partition coefficient (Wildman–Crippen LogP) is -0.200. The van der Waals surface area contributed by atoms with Gasteiger partial charge in [-0.3, -0.25) is 0 Å². The van der Waals surface area contributed by atoms with Gasteiger partial charge in [0.1, 0.15) is 10.1 Å². The van der Waals surface area contributed by atoms with E-state index < -0.39 is 10.1 Å². The van der Waals surface area contributed by atoms with Crippen LogP contribution in [0.2, 0.25) is 0 Å². The van der Waals surface area contributed by atoms with Gasteiger partial charge in [-0.25, -0.2) is 8.42 Å². The maximum Gasteiger partial charge on any atom is 1.00 e. The summed E-state index contributed by atoms with van der Waals surface area (Å²) in [7, 11) is -4.16. The molecule has 0 rings (SSSR count). The Kier molecular flexibility index (Phi) is 13.4. The Bertz CT molecular complexity index is 247. The summed E-state index contributed by atoms with van der Waals surface area (Å²) >= 11 is 0. The monoisotopic (exact) mass is 242 g/mol. The molecule has 0 spiro atoms. The molecule has 0 atom stereocenters. The number of rotatable bonds is 8. The van der Waals surface area contributed by atoms with E-state index >= 15 is 0 Å². The maximum absolute atomic E-state index is 10.2. The van der Waals surface area contributed by atoms with Gasteiger partial charge in [-0.2, -0.15) is 0 Å². The van der Waals surface area contributed by atoms with Crippen molar-refractivity contribution in [2.24, 2.45) is 0 Å². The minimum Gasteiger partial charge on any atom is -0.744 e. The zero-order chi connectivity index (χ0) is 10.9. The van der Waals surface area contributed by atoms with Gasteiger partial charge in [0, 0.05) is 5.41 Å². The Labute approximate surface area is 115 Å². The van der Waals surface area contributed by atoms with Crippen LogP contribution >= 0.6 is 0 Å². The van der Waals surface area contributed by atoms with Crippen molar-refractivity contribution in [3.8, 4) is 0 Å². The van der Waals surface area contributed by atoms with Crippen molar-refractivity contribution in [1.82, 2.24) is 0 Å². The second kappa shape index (κ2) is 11.1. The van der Waals surface area contributed by atoms with Crippen molar-refractivity contribution in [2.75, 3.05) is 0 Å². The predicted molar refractivity (Wildman–Crippen MR) is 56.8 cm³/mol. The standard InChI is InChI=1S/C10H20O3S.Na/c1-2-3-4-5-6-7-8-9-10-14(11,12)13;/h9-10H,2-8H2,1H3,(H,11,12,13);/q;+1/p-1/b10-9+;. The fourth-order valence-corrected chi connectivity index (χ4v) is 1.60. The van der Waals surface area contributed by atoms with Crippen LogP contribution in [-0.4, -0.2) is 13.0 Å². The molecule has 0 heterocycles. The first kappa shape index (κ1) is 18.0. The van der Waals surface area contributed by atoms with Crippen LogP contribution < -0.4 is 29.6 Å². The van der Waals surface area contributed by atoms with Gasteiger partial charge in [0.15, 0.2) is 0 Å². The van der Waals surface area contributed by atoms with Crippen LogP contribution in [0, 0.1) is 0 Å². The quantitative estimate of drug-likeness (QED) is 0.336. The number of hydrogen-bond acceptors (Lipinski definition) is 3. The average Bonchev–Trinajstić information content (AvgIpc) is 2.08. The molecule has 15 heavy (non-hydrogen) atoms. The molecule has 0 aliphatic rings. The van der Waals surface area contributed by atoms with E-state index in [0.29, 0.717) is 6.42 Å². The molecule has 0 unspecified atom stereocenters. The van der Waals surface area contributed by atoms with Crippen molar-refractivity contribution in [1.29, 1.82) is 0 Å². The third-order valence-electron chi connectivity index (χ3n) is 1.99. The Hall–Kier alpha value is 0.650. The van der Waals surface area contributed by atoms with Crippen LogP contribution in [-0.2, 0) is 10.1 Å². The molecule has 0 bridgehead atoms. The summed E-state index contributed by atoms with van der Waals surface area (Å²) in [5.74, 6) is 0. The number of allylic oxidation sites excluding steroid dienone is 1. The summed E-state index contributed by atoms with van der Waals surface area (Å²) in [6.45, 7) is 2.17. The van der Waals surface area contributed by atoms with Crippen molar-refractivity contribution < 1.29 is 42.5 Å². The fraction of sp³-hybridized carbons (Fsp3) is 0.800. The topological polar surface area (TPSA) is 57.2 Å². The molecule has 0 radical (unpaired) electrons. The first-order valence-corrected chi connectivity index (χ1v) is 6.66. The largest absolute Gasteiger partial charge is 1.00 e. The van der Waals surface area contributed by atoms with Gasteiger partial charge < -0.3 is 4.55 Å². The Balaban J connectivity index is 0. The molecule has 0 fully saturated rings. The van der Waals surface area contributed by atoms with E-state index in [0.717, 1.165) is 18.2 Å². The molecule has 84 valence electrons. The van der Waals surface area contributed by atoms with E-state index in [2.05, 4.69) is 6.92 Å². The van der Waals surface area contributed by atoms with E-state index in [9.17, 15) is 13.0 Å². The van der Waals surface area contributed by atoms with Gasteiger partial charge in [-0.15, -0.1) is 0 Å². The summed E-state index contributed by atoms with van der Waals surface area (Å²) in [6, 6.07) is 0. The molecule has 0 saturated carbocycles. The van der Waals surface area contributed by atoms with Crippen molar-refractivity contribution in [3.05, 3.63) is 11.5 Å². The maximum atomic E-state index is 10.2.